The molecule has 9 heteroatoms. The third-order valence-electron chi connectivity index (χ3n) is 5.46. The van der Waals surface area contributed by atoms with Gasteiger partial charge in [-0.05, 0) is 72.1 Å². The number of aromatic nitrogens is 3. The molecule has 1 amide bonds. The van der Waals surface area contributed by atoms with Crippen molar-refractivity contribution < 1.29 is 22.4 Å². The van der Waals surface area contributed by atoms with Crippen molar-refractivity contribution in [3.8, 4) is 11.3 Å². The van der Waals surface area contributed by atoms with Crippen LogP contribution in [0.25, 0.3) is 11.3 Å². The molecule has 0 spiro atoms. The Balaban J connectivity index is 1.53. The summed E-state index contributed by atoms with van der Waals surface area (Å²) in [5.74, 6) is -1.50. The maximum absolute atomic E-state index is 14.0. The molecule has 4 aromatic rings. The van der Waals surface area contributed by atoms with E-state index in [1.54, 1.807) is 30.6 Å². The fourth-order valence-corrected chi connectivity index (χ4v) is 3.65. The summed E-state index contributed by atoms with van der Waals surface area (Å²) in [5, 5.41) is 2.65. The number of nitrogens with zero attached hydrogens (tertiary/aromatic N) is 3. The normalized spacial score (nSPS) is 11.3. The van der Waals surface area contributed by atoms with Gasteiger partial charge in [-0.2, -0.15) is 13.2 Å². The minimum atomic E-state index is -4.62. The molecule has 0 fully saturated rings. The molecule has 5 nitrogen and oxygen atoms in total. The predicted octanol–water partition coefficient (Wildman–Crippen LogP) is 5.78. The number of alkyl halides is 3. The van der Waals surface area contributed by atoms with Crippen molar-refractivity contribution in [1.29, 1.82) is 0 Å². The molecule has 0 unspecified atom stereocenters. The van der Waals surface area contributed by atoms with Gasteiger partial charge in [0.2, 0.25) is 5.91 Å². The highest BCUT2D eigenvalue weighted by Crippen LogP contribution is 2.30. The molecule has 0 bridgehead atoms. The van der Waals surface area contributed by atoms with Gasteiger partial charge >= 0.3 is 6.18 Å². The van der Waals surface area contributed by atoms with Crippen molar-refractivity contribution >= 4 is 11.6 Å². The second-order valence-corrected chi connectivity index (χ2v) is 7.94. The zero-order chi connectivity index (χ0) is 25.0. The van der Waals surface area contributed by atoms with Crippen LogP contribution in [0.2, 0.25) is 0 Å². The lowest BCUT2D eigenvalue weighted by Gasteiger charge is -2.13. The number of hydrogen-bond acceptors (Lipinski definition) is 4. The number of anilines is 1. The molecule has 2 aromatic heterocycles. The molecular formula is C26H20F4N4O. The first kappa shape index (κ1) is 24.0. The number of pyridine rings is 1. The highest BCUT2D eigenvalue weighted by atomic mass is 19.4. The van der Waals surface area contributed by atoms with Crippen LogP contribution < -0.4 is 5.32 Å². The minimum absolute atomic E-state index is 0.326. The second kappa shape index (κ2) is 10.0. The smallest absolute Gasteiger partial charge is 0.326 e. The number of hydrogen-bond donors (Lipinski definition) is 1. The number of nitrogens with one attached hydrogen (secondary N) is 1. The average molecular weight is 480 g/mol. The Labute approximate surface area is 198 Å². The van der Waals surface area contributed by atoms with Crippen molar-refractivity contribution in [3.63, 3.8) is 0 Å². The quantitative estimate of drug-likeness (QED) is 0.356. The lowest BCUT2D eigenvalue weighted by atomic mass is 9.99. The van der Waals surface area contributed by atoms with Crippen molar-refractivity contribution in [2.24, 2.45) is 0 Å². The number of benzene rings is 2. The van der Waals surface area contributed by atoms with Gasteiger partial charge in [0.15, 0.2) is 0 Å². The number of rotatable bonds is 6. The lowest BCUT2D eigenvalue weighted by molar-refractivity contribution is -0.137. The van der Waals surface area contributed by atoms with E-state index in [1.807, 2.05) is 25.1 Å². The van der Waals surface area contributed by atoms with E-state index in [0.717, 1.165) is 34.1 Å². The summed E-state index contributed by atoms with van der Waals surface area (Å²) in [6.07, 6.45) is 0.0923. The summed E-state index contributed by atoms with van der Waals surface area (Å²) in [4.78, 5) is 25.2. The largest absolute Gasteiger partial charge is 0.416 e. The fraction of sp³-hybridized carbons (Fsp3) is 0.154. The SMILES string of the molecule is Cc1ccc(NC(=O)Cc2cc(C(F)(F)F)ccc2F)cc1Cc1ncccc1-c1ccncn1. The monoisotopic (exact) mass is 480 g/mol. The molecular weight excluding hydrogens is 460 g/mol. The predicted molar refractivity (Wildman–Crippen MR) is 123 cm³/mol. The van der Waals surface area contributed by atoms with Gasteiger partial charge in [0, 0.05) is 30.1 Å². The standard InChI is InChI=1S/C26H20F4N4O/c1-16-4-6-20(34-25(35)14-18-11-19(26(28,29)30)5-7-22(18)27)12-17(16)13-24-21(3-2-9-32-24)23-8-10-31-15-33-23/h2-12,15H,13-14H2,1H3,(H,34,35). The van der Waals surface area contributed by atoms with Gasteiger partial charge in [-0.15, -0.1) is 0 Å². The van der Waals surface area contributed by atoms with Crippen LogP contribution in [-0.4, -0.2) is 20.9 Å². The number of halogens is 4. The van der Waals surface area contributed by atoms with Gasteiger partial charge in [-0.3, -0.25) is 9.78 Å². The van der Waals surface area contributed by atoms with Crippen LogP contribution in [0.1, 0.15) is 27.9 Å². The van der Waals surface area contributed by atoms with Crippen LogP contribution in [-0.2, 0) is 23.8 Å². The van der Waals surface area contributed by atoms with E-state index >= 15 is 0 Å². The highest BCUT2D eigenvalue weighted by Gasteiger charge is 2.31. The topological polar surface area (TPSA) is 67.8 Å². The molecule has 0 aliphatic rings. The number of carbonyl (C=O) groups excluding carboxylic acids is 1. The van der Waals surface area contributed by atoms with Gasteiger partial charge in [0.1, 0.15) is 12.1 Å². The molecule has 0 saturated carbocycles. The molecule has 1 N–H and O–H groups in total. The maximum atomic E-state index is 14.0. The van der Waals surface area contributed by atoms with E-state index in [2.05, 4.69) is 20.3 Å². The summed E-state index contributed by atoms with van der Waals surface area (Å²) in [6.45, 7) is 1.92. The van der Waals surface area contributed by atoms with E-state index < -0.39 is 29.9 Å². The first-order chi connectivity index (χ1) is 16.7. The Morgan fingerprint density at radius 2 is 1.80 bits per heavy atom. The maximum Gasteiger partial charge on any atom is 0.416 e. The van der Waals surface area contributed by atoms with Gasteiger partial charge < -0.3 is 5.32 Å². The zero-order valence-electron chi connectivity index (χ0n) is 18.6. The molecule has 178 valence electrons. The van der Waals surface area contributed by atoms with Crippen LogP contribution in [0.3, 0.4) is 0 Å². The van der Waals surface area contributed by atoms with Crippen LogP contribution >= 0.6 is 0 Å². The van der Waals surface area contributed by atoms with Gasteiger partial charge in [-0.25, -0.2) is 14.4 Å². The first-order valence-corrected chi connectivity index (χ1v) is 10.7. The van der Waals surface area contributed by atoms with Crippen LogP contribution in [0, 0.1) is 12.7 Å². The number of amides is 1. The molecule has 0 saturated heterocycles. The van der Waals surface area contributed by atoms with E-state index in [1.165, 1.54) is 6.33 Å². The van der Waals surface area contributed by atoms with Crippen molar-refractivity contribution in [2.45, 2.75) is 25.9 Å². The van der Waals surface area contributed by atoms with E-state index in [9.17, 15) is 22.4 Å². The van der Waals surface area contributed by atoms with Crippen LogP contribution in [0.15, 0.2) is 73.3 Å². The second-order valence-electron chi connectivity index (χ2n) is 7.94. The van der Waals surface area contributed by atoms with Gasteiger partial charge in [-0.1, -0.05) is 6.07 Å². The van der Waals surface area contributed by atoms with Gasteiger partial charge in [0.05, 0.1) is 23.4 Å². The van der Waals surface area contributed by atoms with Crippen molar-refractivity contribution in [3.05, 3.63) is 107 Å². The highest BCUT2D eigenvalue weighted by molar-refractivity contribution is 5.92. The summed E-state index contributed by atoms with van der Waals surface area (Å²) < 4.78 is 52.9. The Morgan fingerprint density at radius 1 is 0.971 bits per heavy atom. The van der Waals surface area contributed by atoms with Crippen molar-refractivity contribution in [2.75, 3.05) is 5.32 Å². The molecule has 35 heavy (non-hydrogen) atoms. The average Bonchev–Trinajstić information content (AvgIpc) is 2.83. The third kappa shape index (κ3) is 5.87. The molecule has 4 rings (SSSR count). The third-order valence-corrected chi connectivity index (χ3v) is 5.46. The van der Waals surface area contributed by atoms with E-state index in [4.69, 9.17) is 0 Å². The molecule has 0 atom stereocenters. The fourth-order valence-electron chi connectivity index (χ4n) is 3.65. The van der Waals surface area contributed by atoms with E-state index in [0.29, 0.717) is 24.2 Å². The summed E-state index contributed by atoms with van der Waals surface area (Å²) in [7, 11) is 0. The summed E-state index contributed by atoms with van der Waals surface area (Å²) in [5.41, 5.74) is 3.33. The summed E-state index contributed by atoms with van der Waals surface area (Å²) >= 11 is 0. The lowest BCUT2D eigenvalue weighted by Crippen LogP contribution is -2.16. The molecule has 0 aliphatic heterocycles. The van der Waals surface area contributed by atoms with Crippen molar-refractivity contribution in [1.82, 2.24) is 15.0 Å². The van der Waals surface area contributed by atoms with E-state index in [-0.39, 0.29) is 5.56 Å². The van der Waals surface area contributed by atoms with Gasteiger partial charge in [0.25, 0.3) is 0 Å². The number of aryl methyl sites for hydroxylation is 1. The van der Waals surface area contributed by atoms with Crippen LogP contribution in [0.4, 0.5) is 23.2 Å². The Bertz CT molecular complexity index is 1360. The Kier molecular flexibility index (Phi) is 6.86. The molecule has 0 radical (unpaired) electrons. The Morgan fingerprint density at radius 3 is 2.54 bits per heavy atom. The summed E-state index contributed by atoms with van der Waals surface area (Å²) in [6, 6.07) is 12.8. The molecule has 0 aliphatic carbocycles. The minimum Gasteiger partial charge on any atom is -0.326 e. The molecule has 2 aromatic carbocycles. The zero-order valence-corrected chi connectivity index (χ0v) is 18.6. The first-order valence-electron chi connectivity index (χ1n) is 10.7. The Hall–Kier alpha value is -4.14. The van der Waals surface area contributed by atoms with Crippen LogP contribution in [0.5, 0.6) is 0 Å². The molecule has 2 heterocycles. The number of carbonyl (C=O) groups is 1.